The molecule has 0 unspecified atom stereocenters. The predicted octanol–water partition coefficient (Wildman–Crippen LogP) is 2.73. The van der Waals surface area contributed by atoms with Gasteiger partial charge in [0, 0.05) is 0 Å². The van der Waals surface area contributed by atoms with Crippen LogP contribution in [0.15, 0.2) is 70.4 Å². The fourth-order valence-corrected chi connectivity index (χ4v) is 2.84. The summed E-state index contributed by atoms with van der Waals surface area (Å²) in [4.78, 5) is 35.7. The number of hydrazone groups is 1. The van der Waals surface area contributed by atoms with E-state index < -0.39 is 17.7 Å². The van der Waals surface area contributed by atoms with E-state index in [2.05, 4.69) is 21.2 Å². The summed E-state index contributed by atoms with van der Waals surface area (Å²) >= 11 is 6.03. The van der Waals surface area contributed by atoms with Crippen LogP contribution in [0.3, 0.4) is 0 Å². The number of anilines is 1. The predicted molar refractivity (Wildman–Crippen MR) is 125 cm³/mol. The summed E-state index contributed by atoms with van der Waals surface area (Å²) in [6.45, 7) is -0.184. The van der Waals surface area contributed by atoms with Gasteiger partial charge >= 0.3 is 11.8 Å². The normalized spacial score (nSPS) is 10.5. The topological polar surface area (TPSA) is 131 Å². The average molecular weight is 485 g/mol. The molecule has 3 rings (SSSR count). The number of nitrogens with one attached hydrogen (secondary N) is 3. The second kappa shape index (κ2) is 12.1. The maximum absolute atomic E-state index is 12.1. The molecule has 0 aliphatic rings. The van der Waals surface area contributed by atoms with Crippen LogP contribution < -0.4 is 25.5 Å². The third kappa shape index (κ3) is 7.10. The van der Waals surface area contributed by atoms with E-state index >= 15 is 0 Å². The molecular formula is C23H21ClN4O6. The zero-order valence-electron chi connectivity index (χ0n) is 18.0. The van der Waals surface area contributed by atoms with Gasteiger partial charge in [0.2, 0.25) is 0 Å². The molecule has 0 bridgehead atoms. The summed E-state index contributed by atoms with van der Waals surface area (Å²) in [5, 5.41) is 9.24. The van der Waals surface area contributed by atoms with Crippen LogP contribution in [0.5, 0.6) is 11.5 Å². The third-order valence-electron chi connectivity index (χ3n) is 4.28. The van der Waals surface area contributed by atoms with Gasteiger partial charge in [-0.25, -0.2) is 5.43 Å². The monoisotopic (exact) mass is 484 g/mol. The van der Waals surface area contributed by atoms with Gasteiger partial charge in [0.15, 0.2) is 18.1 Å². The van der Waals surface area contributed by atoms with Gasteiger partial charge < -0.3 is 24.5 Å². The van der Waals surface area contributed by atoms with Gasteiger partial charge in [-0.2, -0.15) is 5.10 Å². The zero-order chi connectivity index (χ0) is 24.3. The van der Waals surface area contributed by atoms with Gasteiger partial charge in [-0.1, -0.05) is 23.7 Å². The Morgan fingerprint density at radius 1 is 1.06 bits per heavy atom. The summed E-state index contributed by atoms with van der Waals surface area (Å²) in [6.07, 6.45) is 2.79. The van der Waals surface area contributed by atoms with Crippen molar-refractivity contribution in [2.45, 2.75) is 6.54 Å². The molecule has 0 spiro atoms. The Bertz CT molecular complexity index is 1180. The first-order valence-corrected chi connectivity index (χ1v) is 10.3. The fourth-order valence-electron chi connectivity index (χ4n) is 2.65. The summed E-state index contributed by atoms with van der Waals surface area (Å²) < 4.78 is 15.9. The van der Waals surface area contributed by atoms with E-state index in [0.29, 0.717) is 33.5 Å². The average Bonchev–Trinajstić information content (AvgIpc) is 3.36. The highest BCUT2D eigenvalue weighted by Crippen LogP contribution is 2.27. The second-order valence-electron chi connectivity index (χ2n) is 6.69. The highest BCUT2D eigenvalue weighted by Gasteiger charge is 2.13. The highest BCUT2D eigenvalue weighted by atomic mass is 35.5. The second-order valence-corrected chi connectivity index (χ2v) is 7.10. The van der Waals surface area contributed by atoms with Crippen molar-refractivity contribution in [3.05, 3.63) is 77.2 Å². The van der Waals surface area contributed by atoms with Gasteiger partial charge in [0.25, 0.3) is 5.91 Å². The van der Waals surface area contributed by atoms with E-state index in [1.54, 1.807) is 54.6 Å². The van der Waals surface area contributed by atoms with Gasteiger partial charge in [0.1, 0.15) is 5.76 Å². The molecule has 34 heavy (non-hydrogen) atoms. The minimum absolute atomic E-state index is 0.0814. The first kappa shape index (κ1) is 24.3. The summed E-state index contributed by atoms with van der Waals surface area (Å²) in [5.74, 6) is -0.995. The highest BCUT2D eigenvalue weighted by molar-refractivity contribution is 6.35. The number of para-hydroxylation sites is 1. The Hall–Kier alpha value is -4.31. The number of hydrogen-bond donors (Lipinski definition) is 3. The van der Waals surface area contributed by atoms with Crippen molar-refractivity contribution in [3.63, 3.8) is 0 Å². The molecule has 11 heteroatoms. The number of nitrogens with zero attached hydrogens (tertiary/aromatic N) is 1. The molecule has 3 N–H and O–H groups in total. The number of halogens is 1. The molecule has 0 fully saturated rings. The first-order chi connectivity index (χ1) is 16.5. The van der Waals surface area contributed by atoms with Crippen LogP contribution in [-0.2, 0) is 20.9 Å². The number of methoxy groups -OCH3 is 1. The maximum atomic E-state index is 12.1. The largest absolute Gasteiger partial charge is 0.493 e. The lowest BCUT2D eigenvalue weighted by Gasteiger charge is -2.12. The Labute approximate surface area is 199 Å². The minimum atomic E-state index is -0.931. The van der Waals surface area contributed by atoms with E-state index in [-0.39, 0.29) is 13.2 Å². The number of carbonyl (C=O) groups is 3. The summed E-state index contributed by atoms with van der Waals surface area (Å²) in [7, 11) is 1.44. The van der Waals surface area contributed by atoms with E-state index in [1.807, 2.05) is 0 Å². The van der Waals surface area contributed by atoms with Crippen LogP contribution in [-0.4, -0.2) is 37.7 Å². The van der Waals surface area contributed by atoms with E-state index in [1.165, 1.54) is 19.6 Å². The van der Waals surface area contributed by atoms with E-state index in [0.717, 1.165) is 0 Å². The molecule has 1 aromatic heterocycles. The number of furan rings is 1. The molecule has 3 amide bonds. The van der Waals surface area contributed by atoms with Gasteiger partial charge in [-0.05, 0) is 48.0 Å². The van der Waals surface area contributed by atoms with Crippen molar-refractivity contribution < 1.29 is 28.3 Å². The standard InChI is InChI=1S/C23H21ClN4O6/c1-32-20-11-15(12-26-28-23(31)22(30)25-13-16-5-4-10-33-16)8-9-19(20)34-14-21(29)27-18-7-3-2-6-17(18)24/h2-12H,13-14H2,1H3,(H,25,30)(H,27,29)(H,28,31)/b26-12-. The van der Waals surface area contributed by atoms with Crippen molar-refractivity contribution in [3.8, 4) is 11.5 Å². The van der Waals surface area contributed by atoms with Gasteiger partial charge in [-0.3, -0.25) is 14.4 Å². The third-order valence-corrected chi connectivity index (χ3v) is 4.61. The van der Waals surface area contributed by atoms with Crippen molar-refractivity contribution in [1.82, 2.24) is 10.7 Å². The van der Waals surface area contributed by atoms with Crippen LogP contribution in [0.2, 0.25) is 5.02 Å². The lowest BCUT2D eigenvalue weighted by atomic mass is 10.2. The molecule has 176 valence electrons. The number of hydrogen-bond acceptors (Lipinski definition) is 7. The van der Waals surface area contributed by atoms with Crippen LogP contribution in [0.25, 0.3) is 0 Å². The zero-order valence-corrected chi connectivity index (χ0v) is 18.8. The van der Waals surface area contributed by atoms with Crippen LogP contribution >= 0.6 is 11.6 Å². The minimum Gasteiger partial charge on any atom is -0.493 e. The lowest BCUT2D eigenvalue weighted by Crippen LogP contribution is -2.37. The molecular weight excluding hydrogens is 464 g/mol. The molecule has 0 aliphatic carbocycles. The fraction of sp³-hybridized carbons (Fsp3) is 0.130. The number of carbonyl (C=O) groups excluding carboxylic acids is 3. The molecule has 0 saturated carbocycles. The Morgan fingerprint density at radius 3 is 2.62 bits per heavy atom. The number of rotatable bonds is 9. The number of ether oxygens (including phenoxy) is 2. The number of benzene rings is 2. The number of amides is 3. The van der Waals surface area contributed by atoms with E-state index in [4.69, 9.17) is 25.5 Å². The van der Waals surface area contributed by atoms with Gasteiger partial charge in [-0.15, -0.1) is 0 Å². The molecule has 0 aliphatic heterocycles. The van der Waals surface area contributed by atoms with Crippen LogP contribution in [0.4, 0.5) is 5.69 Å². The Kier molecular flexibility index (Phi) is 8.64. The molecule has 0 saturated heterocycles. The first-order valence-electron chi connectivity index (χ1n) is 9.95. The molecule has 0 atom stereocenters. The SMILES string of the molecule is COc1cc(/C=N\NC(=O)C(=O)NCc2ccco2)ccc1OCC(=O)Nc1ccccc1Cl. The smallest absolute Gasteiger partial charge is 0.329 e. The molecule has 3 aromatic rings. The Balaban J connectivity index is 1.50. The van der Waals surface area contributed by atoms with Crippen molar-refractivity contribution in [1.29, 1.82) is 0 Å². The van der Waals surface area contributed by atoms with E-state index in [9.17, 15) is 14.4 Å². The Morgan fingerprint density at radius 2 is 1.88 bits per heavy atom. The van der Waals surface area contributed by atoms with Gasteiger partial charge in [0.05, 0.1) is 36.8 Å². The van der Waals surface area contributed by atoms with Crippen molar-refractivity contribution >= 4 is 41.2 Å². The quantitative estimate of drug-likeness (QED) is 0.243. The molecule has 1 heterocycles. The van der Waals surface area contributed by atoms with Crippen LogP contribution in [0.1, 0.15) is 11.3 Å². The maximum Gasteiger partial charge on any atom is 0.329 e. The van der Waals surface area contributed by atoms with Crippen molar-refractivity contribution in [2.75, 3.05) is 19.0 Å². The lowest BCUT2D eigenvalue weighted by molar-refractivity contribution is -0.139. The molecule has 2 aromatic carbocycles. The van der Waals surface area contributed by atoms with Crippen LogP contribution in [0, 0.1) is 0 Å². The molecule has 0 radical (unpaired) electrons. The summed E-state index contributed by atoms with van der Waals surface area (Å²) in [5.41, 5.74) is 3.17. The van der Waals surface area contributed by atoms with Crippen molar-refractivity contribution in [2.24, 2.45) is 5.10 Å². The summed E-state index contributed by atoms with van der Waals surface area (Å²) in [6, 6.07) is 15.0. The molecule has 10 nitrogen and oxygen atoms in total.